The number of amidine groups is 1. The minimum absolute atomic E-state index is 0.0915. The zero-order valence-electron chi connectivity index (χ0n) is 11.4. The van der Waals surface area contributed by atoms with Crippen molar-refractivity contribution in [2.24, 2.45) is 5.73 Å². The first-order valence-corrected chi connectivity index (χ1v) is 7.28. The predicted molar refractivity (Wildman–Crippen MR) is 81.8 cm³/mol. The highest BCUT2D eigenvalue weighted by atomic mass is 32.1. The third-order valence-corrected chi connectivity index (χ3v) is 4.06. The molecule has 3 N–H and O–H groups in total. The summed E-state index contributed by atoms with van der Waals surface area (Å²) in [7, 11) is 2.01. The van der Waals surface area contributed by atoms with Crippen molar-refractivity contribution >= 4 is 17.2 Å². The number of halogens is 1. The van der Waals surface area contributed by atoms with Crippen molar-refractivity contribution in [1.29, 1.82) is 5.41 Å². The minimum atomic E-state index is -0.361. The number of nitrogens with one attached hydrogen (secondary N) is 1. The van der Waals surface area contributed by atoms with Crippen LogP contribution in [0.5, 0.6) is 0 Å². The highest BCUT2D eigenvalue weighted by molar-refractivity contribution is 7.09. The van der Waals surface area contributed by atoms with Gasteiger partial charge in [0.15, 0.2) is 0 Å². The lowest BCUT2D eigenvalue weighted by molar-refractivity contribution is 0.331. The normalized spacial score (nSPS) is 10.9. The molecule has 2 aromatic rings. The van der Waals surface area contributed by atoms with Gasteiger partial charge in [0.1, 0.15) is 11.7 Å². The summed E-state index contributed by atoms with van der Waals surface area (Å²) >= 11 is 1.75. The van der Waals surface area contributed by atoms with Crippen LogP contribution in [0.2, 0.25) is 0 Å². The first kappa shape index (κ1) is 14.7. The Morgan fingerprint density at radius 3 is 2.85 bits per heavy atom. The van der Waals surface area contributed by atoms with E-state index < -0.39 is 0 Å². The highest BCUT2D eigenvalue weighted by Crippen LogP contribution is 2.14. The van der Waals surface area contributed by atoms with Gasteiger partial charge in [0.25, 0.3) is 0 Å². The predicted octanol–water partition coefficient (Wildman–Crippen LogP) is 2.85. The van der Waals surface area contributed by atoms with Gasteiger partial charge in [-0.1, -0.05) is 12.1 Å². The smallest absolute Gasteiger partial charge is 0.123 e. The maximum Gasteiger partial charge on any atom is 0.123 e. The van der Waals surface area contributed by atoms with Gasteiger partial charge in [0.2, 0.25) is 0 Å². The average molecular weight is 291 g/mol. The number of hydrogen-bond donors (Lipinski definition) is 2. The van der Waals surface area contributed by atoms with E-state index in [0.717, 1.165) is 18.5 Å². The topological polar surface area (TPSA) is 53.1 Å². The minimum Gasteiger partial charge on any atom is -0.384 e. The van der Waals surface area contributed by atoms with Crippen LogP contribution < -0.4 is 5.73 Å². The summed E-state index contributed by atoms with van der Waals surface area (Å²) in [5, 5.41) is 9.60. The molecule has 2 rings (SSSR count). The van der Waals surface area contributed by atoms with Gasteiger partial charge in [0.05, 0.1) is 0 Å². The maximum atomic E-state index is 13.2. The molecule has 106 valence electrons. The maximum absolute atomic E-state index is 13.2. The van der Waals surface area contributed by atoms with Crippen LogP contribution in [0.4, 0.5) is 4.39 Å². The number of rotatable bonds is 6. The van der Waals surface area contributed by atoms with Crippen molar-refractivity contribution in [3.8, 4) is 0 Å². The van der Waals surface area contributed by atoms with Crippen LogP contribution in [0.3, 0.4) is 0 Å². The Morgan fingerprint density at radius 2 is 2.20 bits per heavy atom. The Morgan fingerprint density at radius 1 is 1.40 bits per heavy atom. The van der Waals surface area contributed by atoms with E-state index in [-0.39, 0.29) is 11.7 Å². The van der Waals surface area contributed by atoms with E-state index in [1.54, 1.807) is 17.4 Å². The third-order valence-electron chi connectivity index (χ3n) is 3.12. The summed E-state index contributed by atoms with van der Waals surface area (Å²) in [4.78, 5) is 3.50. The standard InChI is InChI=1S/C15H18FN3S/c1-19(7-6-13-3-2-8-20-13)10-11-4-5-12(16)9-14(11)15(17)18/h2-5,8-9H,6-7,10H2,1H3,(H3,17,18). The fraction of sp³-hybridized carbons (Fsp3) is 0.267. The second-order valence-corrected chi connectivity index (χ2v) is 5.81. The number of likely N-dealkylation sites (N-methyl/N-ethyl adjacent to an activating group) is 1. The molecule has 0 aliphatic carbocycles. The molecule has 0 bridgehead atoms. The lowest BCUT2D eigenvalue weighted by Crippen LogP contribution is -2.23. The molecule has 0 spiro atoms. The number of nitrogens with two attached hydrogens (primary N) is 1. The Labute approximate surface area is 122 Å². The highest BCUT2D eigenvalue weighted by Gasteiger charge is 2.09. The van der Waals surface area contributed by atoms with Crippen molar-refractivity contribution in [3.63, 3.8) is 0 Å². The van der Waals surface area contributed by atoms with Crippen LogP contribution in [0.15, 0.2) is 35.7 Å². The van der Waals surface area contributed by atoms with Crippen LogP contribution in [-0.4, -0.2) is 24.3 Å². The number of thiophene rings is 1. The number of nitrogen functional groups attached to an aromatic ring is 1. The summed E-state index contributed by atoms with van der Waals surface area (Å²) in [6, 6.07) is 8.61. The molecule has 0 saturated heterocycles. The molecule has 0 atom stereocenters. The van der Waals surface area contributed by atoms with E-state index in [4.69, 9.17) is 11.1 Å². The van der Waals surface area contributed by atoms with Crippen LogP contribution >= 0.6 is 11.3 Å². The fourth-order valence-corrected chi connectivity index (χ4v) is 2.76. The largest absolute Gasteiger partial charge is 0.384 e. The van der Waals surface area contributed by atoms with E-state index >= 15 is 0 Å². The van der Waals surface area contributed by atoms with Gasteiger partial charge in [0, 0.05) is 23.5 Å². The Kier molecular flexibility index (Phi) is 4.87. The molecule has 0 amide bonds. The number of hydrogen-bond acceptors (Lipinski definition) is 3. The Bertz CT molecular complexity index is 581. The van der Waals surface area contributed by atoms with Crippen molar-refractivity contribution in [3.05, 3.63) is 57.5 Å². The first-order chi connectivity index (χ1) is 9.56. The average Bonchev–Trinajstić information content (AvgIpc) is 2.91. The molecule has 0 unspecified atom stereocenters. The molecule has 0 aliphatic heterocycles. The molecule has 1 aromatic heterocycles. The SMILES string of the molecule is CN(CCc1cccs1)Cc1ccc(F)cc1C(=N)N. The number of nitrogens with zero attached hydrogens (tertiary/aromatic N) is 1. The summed E-state index contributed by atoms with van der Waals surface area (Å²) in [5.41, 5.74) is 6.87. The van der Waals surface area contributed by atoms with Crippen LogP contribution in [0, 0.1) is 11.2 Å². The van der Waals surface area contributed by atoms with Gasteiger partial charge in [-0.2, -0.15) is 0 Å². The van der Waals surface area contributed by atoms with Crippen molar-refractivity contribution in [2.75, 3.05) is 13.6 Å². The Balaban J connectivity index is 2.00. The summed E-state index contributed by atoms with van der Waals surface area (Å²) < 4.78 is 13.2. The molecule has 20 heavy (non-hydrogen) atoms. The summed E-state index contributed by atoms with van der Waals surface area (Å²) in [6.45, 7) is 1.57. The van der Waals surface area contributed by atoms with Gasteiger partial charge in [-0.25, -0.2) is 4.39 Å². The first-order valence-electron chi connectivity index (χ1n) is 6.40. The molecule has 1 aromatic carbocycles. The molecule has 5 heteroatoms. The molecular formula is C15H18FN3S. The molecule has 3 nitrogen and oxygen atoms in total. The van der Waals surface area contributed by atoms with Gasteiger partial charge < -0.3 is 10.6 Å². The quantitative estimate of drug-likeness (QED) is 0.635. The molecule has 0 radical (unpaired) electrons. The van der Waals surface area contributed by atoms with Crippen molar-refractivity contribution in [2.45, 2.75) is 13.0 Å². The van der Waals surface area contributed by atoms with Gasteiger partial charge >= 0.3 is 0 Å². The van der Waals surface area contributed by atoms with Crippen molar-refractivity contribution < 1.29 is 4.39 Å². The van der Waals surface area contributed by atoms with E-state index in [1.165, 1.54) is 17.0 Å². The van der Waals surface area contributed by atoms with Crippen molar-refractivity contribution in [1.82, 2.24) is 4.90 Å². The number of benzene rings is 1. The zero-order chi connectivity index (χ0) is 14.5. The van der Waals surface area contributed by atoms with Gasteiger partial charge in [-0.15, -0.1) is 11.3 Å². The molecule has 1 heterocycles. The van der Waals surface area contributed by atoms with E-state index in [2.05, 4.69) is 16.3 Å². The fourth-order valence-electron chi connectivity index (χ4n) is 2.06. The lowest BCUT2D eigenvalue weighted by Gasteiger charge is -2.18. The van der Waals surface area contributed by atoms with E-state index in [1.807, 2.05) is 13.1 Å². The second-order valence-electron chi connectivity index (χ2n) is 4.78. The second kappa shape index (κ2) is 6.63. The lowest BCUT2D eigenvalue weighted by atomic mass is 10.1. The van der Waals surface area contributed by atoms with Gasteiger partial charge in [-0.3, -0.25) is 5.41 Å². The zero-order valence-corrected chi connectivity index (χ0v) is 12.2. The third kappa shape index (κ3) is 3.88. The molecule has 0 fully saturated rings. The van der Waals surface area contributed by atoms with E-state index in [9.17, 15) is 4.39 Å². The molecular weight excluding hydrogens is 273 g/mol. The molecule has 0 saturated carbocycles. The monoisotopic (exact) mass is 291 g/mol. The van der Waals surface area contributed by atoms with Gasteiger partial charge in [-0.05, 0) is 42.6 Å². The Hall–Kier alpha value is -1.72. The summed E-state index contributed by atoms with van der Waals surface area (Å²) in [6.07, 6.45) is 0.991. The van der Waals surface area contributed by atoms with Crippen LogP contribution in [-0.2, 0) is 13.0 Å². The van der Waals surface area contributed by atoms with E-state index in [0.29, 0.717) is 12.1 Å². The van der Waals surface area contributed by atoms with Crippen LogP contribution in [0.1, 0.15) is 16.0 Å². The summed E-state index contributed by atoms with van der Waals surface area (Å²) in [5.74, 6) is -0.452. The molecule has 0 aliphatic rings. The van der Waals surface area contributed by atoms with Crippen LogP contribution in [0.25, 0.3) is 0 Å².